The van der Waals surface area contributed by atoms with Gasteiger partial charge >= 0.3 is 0 Å². The quantitative estimate of drug-likeness (QED) is 0.851. The van der Waals surface area contributed by atoms with Gasteiger partial charge in [-0.15, -0.1) is 0 Å². The fraction of sp³-hybridized carbons (Fsp3) is 0.643. The smallest absolute Gasteiger partial charge is 0.262 e. The molecule has 1 aromatic rings. The van der Waals surface area contributed by atoms with Crippen molar-refractivity contribution >= 4 is 5.91 Å². The highest BCUT2D eigenvalue weighted by Gasteiger charge is 2.42. The van der Waals surface area contributed by atoms with E-state index in [0.29, 0.717) is 18.9 Å². The maximum atomic E-state index is 13.0. The van der Waals surface area contributed by atoms with Crippen molar-refractivity contribution in [1.82, 2.24) is 20.6 Å². The van der Waals surface area contributed by atoms with E-state index in [9.17, 15) is 13.6 Å². The topological polar surface area (TPSA) is 66.9 Å². The van der Waals surface area contributed by atoms with Crippen molar-refractivity contribution in [2.45, 2.75) is 43.6 Å². The monoisotopic (exact) mass is 296 g/mol. The van der Waals surface area contributed by atoms with Gasteiger partial charge in [0.2, 0.25) is 5.91 Å². The van der Waals surface area contributed by atoms with Crippen molar-refractivity contribution < 1.29 is 13.6 Å². The normalized spacial score (nSPS) is 24.0. The SMILES string of the molecule is O=C(NCCc1cnc(C2CC2)nc1)C1CC(F)(F)CN1. The molecule has 1 aromatic heterocycles. The molecule has 114 valence electrons. The number of amides is 1. The van der Waals surface area contributed by atoms with Crippen molar-refractivity contribution in [1.29, 1.82) is 0 Å². The average molecular weight is 296 g/mol. The van der Waals surface area contributed by atoms with E-state index in [1.54, 1.807) is 12.4 Å². The molecule has 1 aliphatic heterocycles. The van der Waals surface area contributed by atoms with Crippen molar-refractivity contribution in [3.05, 3.63) is 23.8 Å². The van der Waals surface area contributed by atoms with E-state index in [4.69, 9.17) is 0 Å². The van der Waals surface area contributed by atoms with Crippen molar-refractivity contribution in [2.75, 3.05) is 13.1 Å². The Morgan fingerprint density at radius 3 is 2.67 bits per heavy atom. The molecule has 0 spiro atoms. The van der Waals surface area contributed by atoms with Gasteiger partial charge in [0.05, 0.1) is 12.6 Å². The predicted molar refractivity (Wildman–Crippen MR) is 72.1 cm³/mol. The Hall–Kier alpha value is -1.63. The van der Waals surface area contributed by atoms with Crippen molar-refractivity contribution in [2.24, 2.45) is 0 Å². The second-order valence-corrected chi connectivity index (χ2v) is 5.76. The van der Waals surface area contributed by atoms with Crippen LogP contribution in [0.2, 0.25) is 0 Å². The molecule has 1 atom stereocenters. The molecular formula is C14H18F2N4O. The molecule has 1 aliphatic carbocycles. The summed E-state index contributed by atoms with van der Waals surface area (Å²) in [6, 6.07) is -0.798. The lowest BCUT2D eigenvalue weighted by atomic mass is 10.2. The maximum absolute atomic E-state index is 13.0. The number of carbonyl (C=O) groups is 1. The summed E-state index contributed by atoms with van der Waals surface area (Å²) < 4.78 is 26.0. The van der Waals surface area contributed by atoms with Crippen molar-refractivity contribution in [3.8, 4) is 0 Å². The first-order valence-corrected chi connectivity index (χ1v) is 7.23. The lowest BCUT2D eigenvalue weighted by molar-refractivity contribution is -0.123. The van der Waals surface area contributed by atoms with Crippen LogP contribution in [-0.2, 0) is 11.2 Å². The predicted octanol–water partition coefficient (Wildman–Crippen LogP) is 1.01. The maximum Gasteiger partial charge on any atom is 0.262 e. The summed E-state index contributed by atoms with van der Waals surface area (Å²) >= 11 is 0. The van der Waals surface area contributed by atoms with Gasteiger partial charge in [-0.1, -0.05) is 0 Å². The lowest BCUT2D eigenvalue weighted by Gasteiger charge is -2.11. The second-order valence-electron chi connectivity index (χ2n) is 5.76. The first kappa shape index (κ1) is 14.3. The van der Waals surface area contributed by atoms with Gasteiger partial charge < -0.3 is 5.32 Å². The molecule has 3 rings (SSSR count). The van der Waals surface area contributed by atoms with Crippen LogP contribution in [-0.4, -0.2) is 40.9 Å². The van der Waals surface area contributed by atoms with E-state index >= 15 is 0 Å². The van der Waals surface area contributed by atoms with E-state index < -0.39 is 24.9 Å². The molecule has 2 aliphatic rings. The highest BCUT2D eigenvalue weighted by molar-refractivity contribution is 5.82. The lowest BCUT2D eigenvalue weighted by Crippen LogP contribution is -2.41. The van der Waals surface area contributed by atoms with Crippen LogP contribution in [0, 0.1) is 0 Å². The number of hydrogen-bond acceptors (Lipinski definition) is 4. The van der Waals surface area contributed by atoms with E-state index in [1.807, 2.05) is 0 Å². The fourth-order valence-electron chi connectivity index (χ4n) is 2.40. The van der Waals surface area contributed by atoms with E-state index in [0.717, 1.165) is 24.2 Å². The molecule has 1 unspecified atom stereocenters. The third kappa shape index (κ3) is 3.72. The summed E-state index contributed by atoms with van der Waals surface area (Å²) in [4.78, 5) is 20.3. The van der Waals surface area contributed by atoms with Crippen molar-refractivity contribution in [3.63, 3.8) is 0 Å². The summed E-state index contributed by atoms with van der Waals surface area (Å²) in [6.07, 6.45) is 6.03. The Morgan fingerprint density at radius 1 is 1.38 bits per heavy atom. The van der Waals surface area contributed by atoms with Gasteiger partial charge in [-0.25, -0.2) is 18.7 Å². The summed E-state index contributed by atoms with van der Waals surface area (Å²) in [7, 11) is 0. The van der Waals surface area contributed by atoms with Crippen LogP contribution in [0.5, 0.6) is 0 Å². The van der Waals surface area contributed by atoms with Gasteiger partial charge in [-0.05, 0) is 24.8 Å². The highest BCUT2D eigenvalue weighted by atomic mass is 19.3. The Balaban J connectivity index is 1.42. The minimum absolute atomic E-state index is 0.373. The molecule has 1 saturated heterocycles. The van der Waals surface area contributed by atoms with Gasteiger partial charge in [0.1, 0.15) is 5.82 Å². The zero-order valence-electron chi connectivity index (χ0n) is 11.6. The third-order valence-corrected chi connectivity index (χ3v) is 3.81. The van der Waals surface area contributed by atoms with Gasteiger partial charge in [-0.3, -0.25) is 10.1 Å². The summed E-state index contributed by atoms with van der Waals surface area (Å²) in [5, 5.41) is 5.21. The first-order valence-electron chi connectivity index (χ1n) is 7.23. The summed E-state index contributed by atoms with van der Waals surface area (Å²) in [6.45, 7) is -0.0315. The molecular weight excluding hydrogens is 278 g/mol. The van der Waals surface area contributed by atoms with E-state index in [-0.39, 0.29) is 5.91 Å². The zero-order chi connectivity index (χ0) is 14.9. The number of aromatic nitrogens is 2. The van der Waals surface area contributed by atoms with Gasteiger partial charge in [0, 0.05) is 31.3 Å². The molecule has 2 N–H and O–H groups in total. The van der Waals surface area contributed by atoms with Crippen LogP contribution in [0.1, 0.15) is 36.6 Å². The molecule has 0 radical (unpaired) electrons. The number of nitrogens with one attached hydrogen (secondary N) is 2. The highest BCUT2D eigenvalue weighted by Crippen LogP contribution is 2.37. The summed E-state index contributed by atoms with van der Waals surface area (Å²) in [5.41, 5.74) is 0.935. The molecule has 1 amide bonds. The van der Waals surface area contributed by atoms with Crippen LogP contribution in [0.4, 0.5) is 8.78 Å². The zero-order valence-corrected chi connectivity index (χ0v) is 11.6. The number of nitrogens with zero attached hydrogens (tertiary/aromatic N) is 2. The minimum Gasteiger partial charge on any atom is -0.354 e. The van der Waals surface area contributed by atoms with Crippen LogP contribution in [0.15, 0.2) is 12.4 Å². The largest absolute Gasteiger partial charge is 0.354 e. The second kappa shape index (κ2) is 5.63. The molecule has 5 nitrogen and oxygen atoms in total. The van der Waals surface area contributed by atoms with E-state index in [1.165, 1.54) is 0 Å². The Labute approximate surface area is 121 Å². The van der Waals surface area contributed by atoms with Crippen LogP contribution < -0.4 is 10.6 Å². The van der Waals surface area contributed by atoms with Crippen LogP contribution in [0.3, 0.4) is 0 Å². The number of alkyl halides is 2. The fourth-order valence-corrected chi connectivity index (χ4v) is 2.40. The standard InChI is InChI=1S/C14H18F2N4O/c15-14(16)5-11(20-8-14)13(21)17-4-3-9-6-18-12(19-7-9)10-1-2-10/h6-7,10-11,20H,1-5,8H2,(H,17,21). The Morgan fingerprint density at radius 2 is 2.10 bits per heavy atom. The first-order chi connectivity index (χ1) is 10.0. The molecule has 1 saturated carbocycles. The third-order valence-electron chi connectivity index (χ3n) is 3.81. The van der Waals surface area contributed by atoms with Gasteiger partial charge in [-0.2, -0.15) is 0 Å². The summed E-state index contributed by atoms with van der Waals surface area (Å²) in [5.74, 6) is -1.74. The number of halogens is 2. The van der Waals surface area contributed by atoms with Gasteiger partial charge in [0.15, 0.2) is 0 Å². The molecule has 0 bridgehead atoms. The molecule has 2 heterocycles. The van der Waals surface area contributed by atoms with Crippen LogP contribution in [0.25, 0.3) is 0 Å². The molecule has 2 fully saturated rings. The Kier molecular flexibility index (Phi) is 3.84. The minimum atomic E-state index is -2.78. The number of hydrogen-bond donors (Lipinski definition) is 2. The number of rotatable bonds is 5. The van der Waals surface area contributed by atoms with Crippen LogP contribution >= 0.6 is 0 Å². The average Bonchev–Trinajstić information content (AvgIpc) is 3.23. The number of carbonyl (C=O) groups excluding carboxylic acids is 1. The Bertz CT molecular complexity index is 516. The molecule has 7 heteroatoms. The van der Waals surface area contributed by atoms with E-state index in [2.05, 4.69) is 20.6 Å². The van der Waals surface area contributed by atoms with Gasteiger partial charge in [0.25, 0.3) is 5.92 Å². The molecule has 0 aromatic carbocycles. The molecule has 21 heavy (non-hydrogen) atoms.